The van der Waals surface area contributed by atoms with Crippen LogP contribution in [0.2, 0.25) is 0 Å². The normalized spacial score (nSPS) is 13.3. The molecule has 2 amide bonds. The smallest absolute Gasteiger partial charge is 0.416 e. The summed E-state index contributed by atoms with van der Waals surface area (Å²) in [5.74, 6) is -1.14. The van der Waals surface area contributed by atoms with Gasteiger partial charge in [-0.15, -0.1) is 0 Å². The number of alkyl halides is 3. The Kier molecular flexibility index (Phi) is 20.2. The molecule has 1 saturated heterocycles. The summed E-state index contributed by atoms with van der Waals surface area (Å²) in [7, 11) is 1.98. The number of anilines is 3. The number of nitrogens with one attached hydrogen (secondary N) is 2. The number of carbonyl (C=O) groups is 3. The van der Waals surface area contributed by atoms with Crippen LogP contribution in [0.5, 0.6) is 0 Å². The van der Waals surface area contributed by atoms with E-state index in [9.17, 15) is 27.6 Å². The first kappa shape index (κ1) is 46.0. The summed E-state index contributed by atoms with van der Waals surface area (Å²) < 4.78 is 53.4. The Hall–Kier alpha value is -5.36. The molecule has 0 saturated carbocycles. The second kappa shape index (κ2) is 25.0. The van der Waals surface area contributed by atoms with E-state index in [1.165, 1.54) is 49.4 Å². The molecule has 310 valence electrons. The molecule has 0 atom stereocenters. The standard InChI is InChI=1S/C29H42N4O6.C11H10F3N3O/c1-23-21-25(33-12-4-3-5-13-33)9-10-26(23)31-29(36)27-8-6-7-24(30-27)22-32(2)14-16-38-18-20-39-19-17-37-15-11-28(34)35;12-11(13,14)8-2-1-3-9(6-8)16-5-4-10(15)17-7-18/h6-10,21H,3-5,11-20,22H2,1-2H3,(H,31,36)(H,34,35);1-7,16H,(H2,15,17,18)/b;5-4-. The van der Waals surface area contributed by atoms with Gasteiger partial charge >= 0.3 is 12.1 Å². The summed E-state index contributed by atoms with van der Waals surface area (Å²) in [6, 6.07) is 16.4. The fraction of sp³-hybridized carbons (Fsp3) is 0.425. The lowest BCUT2D eigenvalue weighted by atomic mass is 10.1. The fourth-order valence-electron chi connectivity index (χ4n) is 5.41. The number of carboxylic acids is 1. The number of rotatable bonds is 21. The predicted octanol–water partition coefficient (Wildman–Crippen LogP) is 5.73. The first-order chi connectivity index (χ1) is 27.3. The molecule has 1 aliphatic rings. The highest BCUT2D eigenvalue weighted by Crippen LogP contribution is 2.30. The van der Waals surface area contributed by atoms with Crippen LogP contribution >= 0.6 is 0 Å². The Bertz CT molecular complexity index is 1770. The van der Waals surface area contributed by atoms with Gasteiger partial charge in [0.05, 0.1) is 57.3 Å². The first-order valence-electron chi connectivity index (χ1n) is 18.5. The summed E-state index contributed by atoms with van der Waals surface area (Å²) in [6.07, 6.45) is 2.18. The number of likely N-dealkylation sites (N-methyl/N-ethyl adjacent to an activating group) is 1. The summed E-state index contributed by atoms with van der Waals surface area (Å²) in [5.41, 5.74) is 9.01. The maximum Gasteiger partial charge on any atom is 0.416 e. The van der Waals surface area contributed by atoms with Gasteiger partial charge in [-0.1, -0.05) is 12.1 Å². The van der Waals surface area contributed by atoms with E-state index in [2.05, 4.69) is 42.5 Å². The minimum atomic E-state index is -4.39. The van der Waals surface area contributed by atoms with Crippen molar-refractivity contribution in [2.24, 2.45) is 10.7 Å². The van der Waals surface area contributed by atoms with Crippen LogP contribution in [0.1, 0.15) is 53.0 Å². The highest BCUT2D eigenvalue weighted by molar-refractivity contribution is 6.03. The minimum Gasteiger partial charge on any atom is -0.481 e. The zero-order valence-electron chi connectivity index (χ0n) is 32.3. The van der Waals surface area contributed by atoms with E-state index in [1.807, 2.05) is 32.2 Å². The third kappa shape index (κ3) is 18.4. The van der Waals surface area contributed by atoms with Crippen LogP contribution in [-0.4, -0.2) is 105 Å². The van der Waals surface area contributed by atoms with Crippen LogP contribution in [0.3, 0.4) is 0 Å². The number of aryl methyl sites for hydroxylation is 1. The molecular weight excluding hydrogens is 747 g/mol. The molecule has 4 rings (SSSR count). The minimum absolute atomic E-state index is 0.00321. The molecule has 0 unspecified atom stereocenters. The number of ether oxygens (including phenoxy) is 3. The van der Waals surface area contributed by atoms with Crippen molar-refractivity contribution >= 4 is 41.2 Å². The third-order valence-electron chi connectivity index (χ3n) is 8.37. The number of pyridine rings is 1. The second-order valence-electron chi connectivity index (χ2n) is 12.9. The van der Waals surface area contributed by atoms with Crippen molar-refractivity contribution in [2.45, 2.75) is 45.3 Å². The average molecular weight is 800 g/mol. The quantitative estimate of drug-likeness (QED) is 0.0445. The molecule has 14 nitrogen and oxygen atoms in total. The monoisotopic (exact) mass is 799 g/mol. The lowest BCUT2D eigenvalue weighted by Gasteiger charge is -2.29. The van der Waals surface area contributed by atoms with Crippen molar-refractivity contribution in [2.75, 3.05) is 81.9 Å². The molecule has 0 aliphatic carbocycles. The highest BCUT2D eigenvalue weighted by Gasteiger charge is 2.30. The number of benzene rings is 2. The number of piperidine rings is 1. The lowest BCUT2D eigenvalue weighted by Crippen LogP contribution is -2.29. The van der Waals surface area contributed by atoms with Crippen LogP contribution < -0.4 is 21.3 Å². The number of carbonyl (C=O) groups excluding carboxylic acids is 2. The Morgan fingerprint density at radius 1 is 0.965 bits per heavy atom. The van der Waals surface area contributed by atoms with Crippen molar-refractivity contribution in [3.8, 4) is 0 Å². The Labute approximate surface area is 330 Å². The van der Waals surface area contributed by atoms with Gasteiger partial charge < -0.3 is 40.6 Å². The molecule has 5 N–H and O–H groups in total. The number of halogens is 3. The van der Waals surface area contributed by atoms with Crippen molar-refractivity contribution in [1.29, 1.82) is 0 Å². The average Bonchev–Trinajstić information content (AvgIpc) is 3.18. The van der Waals surface area contributed by atoms with E-state index in [1.54, 1.807) is 6.07 Å². The molecule has 3 aromatic rings. The van der Waals surface area contributed by atoms with E-state index in [4.69, 9.17) is 25.1 Å². The summed E-state index contributed by atoms with van der Waals surface area (Å²) >= 11 is 0. The Morgan fingerprint density at radius 2 is 1.65 bits per heavy atom. The molecule has 0 spiro atoms. The Morgan fingerprint density at radius 3 is 2.32 bits per heavy atom. The van der Waals surface area contributed by atoms with Crippen molar-refractivity contribution in [1.82, 2.24) is 9.88 Å². The van der Waals surface area contributed by atoms with E-state index in [0.717, 1.165) is 42.2 Å². The number of hydrogen-bond donors (Lipinski definition) is 4. The van der Waals surface area contributed by atoms with Crippen molar-refractivity contribution in [3.63, 3.8) is 0 Å². The molecule has 1 aromatic heterocycles. The topological polar surface area (TPSA) is 181 Å². The zero-order chi connectivity index (χ0) is 41.5. The molecule has 0 radical (unpaired) electrons. The van der Waals surface area contributed by atoms with Crippen LogP contribution in [0.25, 0.3) is 0 Å². The van der Waals surface area contributed by atoms with Crippen LogP contribution in [0.4, 0.5) is 30.2 Å². The molecule has 17 heteroatoms. The van der Waals surface area contributed by atoms with E-state index >= 15 is 0 Å². The summed E-state index contributed by atoms with van der Waals surface area (Å²) in [4.78, 5) is 45.6. The molecule has 1 aliphatic heterocycles. The van der Waals surface area contributed by atoms with Gasteiger partial charge in [-0.25, -0.2) is 4.98 Å². The van der Waals surface area contributed by atoms with Crippen LogP contribution in [0, 0.1) is 6.92 Å². The second-order valence-corrected chi connectivity index (χ2v) is 12.9. The number of hydrogen-bond acceptors (Lipinski definition) is 10. The number of amides is 2. The molecular formula is C40H52F3N7O7. The van der Waals surface area contributed by atoms with E-state index in [0.29, 0.717) is 51.8 Å². The predicted molar refractivity (Wildman–Crippen MR) is 212 cm³/mol. The van der Waals surface area contributed by atoms with E-state index < -0.39 is 17.7 Å². The third-order valence-corrected chi connectivity index (χ3v) is 8.37. The summed E-state index contributed by atoms with van der Waals surface area (Å²) in [5, 5.41) is 14.1. The number of aliphatic imine (C=N–C) groups is 1. The van der Waals surface area contributed by atoms with E-state index in [-0.39, 0.29) is 36.9 Å². The summed E-state index contributed by atoms with van der Waals surface area (Å²) in [6.45, 7) is 7.93. The number of carboxylic acid groups (broad SMARTS) is 1. The van der Waals surface area contributed by atoms with Crippen LogP contribution in [0.15, 0.2) is 77.9 Å². The number of amidine groups is 1. The molecule has 57 heavy (non-hydrogen) atoms. The SMILES string of the molecule is Cc1cc(N2CCCCC2)ccc1NC(=O)c1cccc(CN(C)CCOCCOCCOCCC(=O)O)n1.NC(/C=C\Nc1cccc(C(F)(F)F)c1)=NC=O. The van der Waals surface area contributed by atoms with Gasteiger partial charge in [0, 0.05) is 49.4 Å². The van der Waals surface area contributed by atoms with Gasteiger partial charge in [0.1, 0.15) is 11.5 Å². The van der Waals surface area contributed by atoms with Gasteiger partial charge in [0.15, 0.2) is 0 Å². The maximum absolute atomic E-state index is 12.9. The number of nitrogens with zero attached hydrogens (tertiary/aromatic N) is 4. The van der Waals surface area contributed by atoms with Crippen molar-refractivity contribution in [3.05, 3.63) is 95.5 Å². The van der Waals surface area contributed by atoms with Gasteiger partial charge in [0.25, 0.3) is 5.91 Å². The number of nitrogens with two attached hydrogens (primary N) is 1. The maximum atomic E-state index is 12.9. The number of aromatic nitrogens is 1. The van der Waals surface area contributed by atoms with Gasteiger partial charge in [0.2, 0.25) is 6.41 Å². The van der Waals surface area contributed by atoms with Crippen molar-refractivity contribution < 1.29 is 46.9 Å². The lowest BCUT2D eigenvalue weighted by molar-refractivity contribution is -0.139. The highest BCUT2D eigenvalue weighted by atomic mass is 19.4. The Balaban J connectivity index is 0.000000404. The molecule has 1 fully saturated rings. The van der Waals surface area contributed by atoms with Gasteiger partial charge in [-0.2, -0.15) is 18.2 Å². The van der Waals surface area contributed by atoms with Gasteiger partial charge in [-0.3, -0.25) is 19.3 Å². The number of aliphatic carboxylic acids is 1. The first-order valence-corrected chi connectivity index (χ1v) is 18.5. The largest absolute Gasteiger partial charge is 0.481 e. The molecule has 0 bridgehead atoms. The molecule has 2 heterocycles. The fourth-order valence-corrected chi connectivity index (χ4v) is 5.41. The zero-order valence-corrected chi connectivity index (χ0v) is 32.3. The molecule has 2 aromatic carbocycles. The van der Waals surface area contributed by atoms with Crippen LogP contribution in [-0.2, 0) is 36.5 Å². The van der Waals surface area contributed by atoms with Gasteiger partial charge in [-0.05, 0) is 93.4 Å².